The molecule has 0 aliphatic rings. The number of ether oxygens (including phenoxy) is 1. The summed E-state index contributed by atoms with van der Waals surface area (Å²) >= 11 is 0. The molecule has 2 N–H and O–H groups in total. The summed E-state index contributed by atoms with van der Waals surface area (Å²) in [6.07, 6.45) is 0.404. The van der Waals surface area contributed by atoms with E-state index in [2.05, 4.69) is 24.5 Å². The number of nitrogens with one attached hydrogen (secondary N) is 2. The molecule has 0 aliphatic heterocycles. The van der Waals surface area contributed by atoms with Crippen molar-refractivity contribution < 1.29 is 9.53 Å². The summed E-state index contributed by atoms with van der Waals surface area (Å²) in [7, 11) is 0. The van der Waals surface area contributed by atoms with Crippen molar-refractivity contribution in [3.05, 3.63) is 65.7 Å². The molecule has 0 aliphatic carbocycles. The van der Waals surface area contributed by atoms with Crippen LogP contribution in [-0.2, 0) is 6.42 Å². The SMILES string of the molecule is CC(NC(=O)NCCc1ccccc1)Oc1ccccc1C(C)C. The van der Waals surface area contributed by atoms with Crippen molar-refractivity contribution in [2.24, 2.45) is 0 Å². The van der Waals surface area contributed by atoms with Crippen molar-refractivity contribution in [1.82, 2.24) is 10.6 Å². The molecule has 1 unspecified atom stereocenters. The Morgan fingerprint density at radius 2 is 1.67 bits per heavy atom. The molecule has 0 aromatic heterocycles. The summed E-state index contributed by atoms with van der Waals surface area (Å²) in [5.41, 5.74) is 2.34. The molecular weight excluding hydrogens is 300 g/mol. The third kappa shape index (κ3) is 5.61. The quantitative estimate of drug-likeness (QED) is 0.753. The van der Waals surface area contributed by atoms with Gasteiger partial charge in [0.15, 0.2) is 6.23 Å². The van der Waals surface area contributed by atoms with E-state index in [-0.39, 0.29) is 6.03 Å². The Morgan fingerprint density at radius 3 is 2.38 bits per heavy atom. The molecule has 128 valence electrons. The molecule has 2 amide bonds. The minimum absolute atomic E-state index is 0.222. The molecular formula is C20H26N2O2. The lowest BCUT2D eigenvalue weighted by molar-refractivity contribution is 0.175. The van der Waals surface area contributed by atoms with Crippen molar-refractivity contribution in [2.45, 2.75) is 39.3 Å². The summed E-state index contributed by atoms with van der Waals surface area (Å²) in [5, 5.41) is 5.66. The van der Waals surface area contributed by atoms with Crippen molar-refractivity contribution in [2.75, 3.05) is 6.54 Å². The van der Waals surface area contributed by atoms with Crippen LogP contribution >= 0.6 is 0 Å². The lowest BCUT2D eigenvalue weighted by Crippen LogP contribution is -2.44. The second kappa shape index (κ2) is 8.96. The topological polar surface area (TPSA) is 50.4 Å². The van der Waals surface area contributed by atoms with E-state index >= 15 is 0 Å². The van der Waals surface area contributed by atoms with Gasteiger partial charge in [-0.15, -0.1) is 0 Å². The zero-order chi connectivity index (χ0) is 17.4. The van der Waals surface area contributed by atoms with Crippen LogP contribution in [0.2, 0.25) is 0 Å². The predicted molar refractivity (Wildman–Crippen MR) is 97.3 cm³/mol. The highest BCUT2D eigenvalue weighted by Crippen LogP contribution is 2.26. The van der Waals surface area contributed by atoms with Crippen molar-refractivity contribution in [3.8, 4) is 5.75 Å². The van der Waals surface area contributed by atoms with Gasteiger partial charge in [0, 0.05) is 6.54 Å². The smallest absolute Gasteiger partial charge is 0.317 e. The standard InChI is InChI=1S/C20H26N2O2/c1-15(2)18-11-7-8-12-19(18)24-16(3)22-20(23)21-14-13-17-9-5-4-6-10-17/h4-12,15-16H,13-14H2,1-3H3,(H2,21,22,23). The molecule has 0 saturated heterocycles. The van der Waals surface area contributed by atoms with Gasteiger partial charge in [-0.05, 0) is 36.5 Å². The number of rotatable bonds is 7. The average molecular weight is 326 g/mol. The number of hydrogen-bond donors (Lipinski definition) is 2. The van der Waals surface area contributed by atoms with Crippen LogP contribution in [0.15, 0.2) is 54.6 Å². The minimum Gasteiger partial charge on any atom is -0.471 e. The zero-order valence-corrected chi connectivity index (χ0v) is 14.6. The molecule has 0 radical (unpaired) electrons. The number of para-hydroxylation sites is 1. The van der Waals surface area contributed by atoms with Crippen molar-refractivity contribution in [1.29, 1.82) is 0 Å². The first-order chi connectivity index (χ1) is 11.6. The summed E-state index contributed by atoms with van der Waals surface area (Å²) in [4.78, 5) is 12.0. The molecule has 0 spiro atoms. The van der Waals surface area contributed by atoms with Crippen LogP contribution in [0.3, 0.4) is 0 Å². The number of carbonyl (C=O) groups excluding carboxylic acids is 1. The highest BCUT2D eigenvalue weighted by Gasteiger charge is 2.12. The zero-order valence-electron chi connectivity index (χ0n) is 14.6. The Bertz CT molecular complexity index is 641. The van der Waals surface area contributed by atoms with Gasteiger partial charge in [0.2, 0.25) is 0 Å². The lowest BCUT2D eigenvalue weighted by atomic mass is 10.0. The monoisotopic (exact) mass is 326 g/mol. The molecule has 0 bridgehead atoms. The first-order valence-corrected chi connectivity index (χ1v) is 8.40. The first kappa shape index (κ1) is 17.9. The third-order valence-corrected chi connectivity index (χ3v) is 3.72. The Balaban J connectivity index is 1.77. The van der Waals surface area contributed by atoms with Gasteiger partial charge in [-0.1, -0.05) is 62.4 Å². The van der Waals surface area contributed by atoms with E-state index in [4.69, 9.17) is 4.74 Å². The normalized spacial score (nSPS) is 11.8. The van der Waals surface area contributed by atoms with Crippen LogP contribution in [-0.4, -0.2) is 18.8 Å². The maximum Gasteiger partial charge on any atom is 0.317 e. The molecule has 0 saturated carbocycles. The summed E-state index contributed by atoms with van der Waals surface area (Å²) in [6, 6.07) is 17.8. The highest BCUT2D eigenvalue weighted by atomic mass is 16.5. The van der Waals surface area contributed by atoms with Gasteiger partial charge in [0.05, 0.1) is 0 Å². The Kier molecular flexibility index (Phi) is 6.67. The number of hydrogen-bond acceptors (Lipinski definition) is 2. The second-order valence-electron chi connectivity index (χ2n) is 6.09. The van der Waals surface area contributed by atoms with Crippen molar-refractivity contribution >= 4 is 6.03 Å². The maximum absolute atomic E-state index is 12.0. The Hall–Kier alpha value is -2.49. The van der Waals surface area contributed by atoms with Gasteiger partial charge >= 0.3 is 6.03 Å². The summed E-state index contributed by atoms with van der Waals surface area (Å²) in [6.45, 7) is 6.66. The van der Waals surface area contributed by atoms with E-state index in [1.54, 1.807) is 0 Å². The molecule has 0 fully saturated rings. The average Bonchev–Trinajstić information content (AvgIpc) is 2.56. The lowest BCUT2D eigenvalue weighted by Gasteiger charge is -2.20. The summed E-state index contributed by atoms with van der Waals surface area (Å²) < 4.78 is 5.87. The van der Waals surface area contributed by atoms with Gasteiger partial charge in [0.25, 0.3) is 0 Å². The summed E-state index contributed by atoms with van der Waals surface area (Å²) in [5.74, 6) is 1.18. The fourth-order valence-corrected chi connectivity index (χ4v) is 2.49. The van der Waals surface area contributed by atoms with Crippen LogP contribution in [0.4, 0.5) is 4.79 Å². The fourth-order valence-electron chi connectivity index (χ4n) is 2.49. The van der Waals surface area contributed by atoms with Crippen molar-refractivity contribution in [3.63, 3.8) is 0 Å². The van der Waals surface area contributed by atoms with Gasteiger partial charge < -0.3 is 15.4 Å². The minimum atomic E-state index is -0.401. The van der Waals surface area contributed by atoms with Crippen LogP contribution in [0, 0.1) is 0 Å². The first-order valence-electron chi connectivity index (χ1n) is 8.40. The fraction of sp³-hybridized carbons (Fsp3) is 0.350. The van der Waals surface area contributed by atoms with Crippen LogP contribution in [0.5, 0.6) is 5.75 Å². The van der Waals surface area contributed by atoms with Crippen LogP contribution in [0.1, 0.15) is 37.8 Å². The van der Waals surface area contributed by atoms with E-state index in [9.17, 15) is 4.79 Å². The van der Waals surface area contributed by atoms with E-state index < -0.39 is 6.23 Å². The van der Waals surface area contributed by atoms with Crippen LogP contribution in [0.25, 0.3) is 0 Å². The van der Waals surface area contributed by atoms with Gasteiger partial charge in [-0.25, -0.2) is 4.79 Å². The third-order valence-electron chi connectivity index (χ3n) is 3.72. The van der Waals surface area contributed by atoms with Gasteiger partial charge in [-0.3, -0.25) is 0 Å². The molecule has 0 heterocycles. The molecule has 4 nitrogen and oxygen atoms in total. The number of benzene rings is 2. The molecule has 4 heteroatoms. The van der Waals surface area contributed by atoms with Crippen LogP contribution < -0.4 is 15.4 Å². The maximum atomic E-state index is 12.0. The van der Waals surface area contributed by atoms with Gasteiger partial charge in [-0.2, -0.15) is 0 Å². The Labute approximate surface area is 144 Å². The molecule has 24 heavy (non-hydrogen) atoms. The molecule has 2 aromatic carbocycles. The number of urea groups is 1. The van der Waals surface area contributed by atoms with E-state index in [0.717, 1.165) is 17.7 Å². The van der Waals surface area contributed by atoms with E-state index in [1.807, 2.05) is 61.5 Å². The molecule has 2 rings (SSSR count). The van der Waals surface area contributed by atoms with E-state index in [1.165, 1.54) is 5.56 Å². The highest BCUT2D eigenvalue weighted by molar-refractivity contribution is 5.74. The van der Waals surface area contributed by atoms with Gasteiger partial charge in [0.1, 0.15) is 5.75 Å². The predicted octanol–water partition coefficient (Wildman–Crippen LogP) is 4.08. The second-order valence-corrected chi connectivity index (χ2v) is 6.09. The number of amides is 2. The molecule has 1 atom stereocenters. The van der Waals surface area contributed by atoms with E-state index in [0.29, 0.717) is 12.5 Å². The largest absolute Gasteiger partial charge is 0.471 e. The Morgan fingerprint density at radius 1 is 1.00 bits per heavy atom. The number of carbonyl (C=O) groups is 1. The molecule has 2 aromatic rings.